The van der Waals surface area contributed by atoms with Crippen molar-refractivity contribution in [3.8, 4) is 5.75 Å². The Bertz CT molecular complexity index is 527. The summed E-state index contributed by atoms with van der Waals surface area (Å²) in [5, 5.41) is 19.8. The van der Waals surface area contributed by atoms with Crippen LogP contribution in [0.2, 0.25) is 0 Å². The van der Waals surface area contributed by atoms with Crippen LogP contribution >= 0.6 is 0 Å². The summed E-state index contributed by atoms with van der Waals surface area (Å²) in [5.41, 5.74) is 0. The van der Waals surface area contributed by atoms with Gasteiger partial charge < -0.3 is 9.84 Å². The fraction of sp³-hybridized carbons (Fsp3) is 0.333. The van der Waals surface area contributed by atoms with Gasteiger partial charge in [0.05, 0.1) is 0 Å². The van der Waals surface area contributed by atoms with Crippen LogP contribution < -0.4 is 4.74 Å². The summed E-state index contributed by atoms with van der Waals surface area (Å²) in [4.78, 5) is 10.4. The molecule has 0 aliphatic rings. The van der Waals surface area contributed by atoms with Crippen molar-refractivity contribution in [1.82, 2.24) is 20.2 Å². The molecule has 0 atom stereocenters. The topological polar surface area (TPSA) is 90.1 Å². The Morgan fingerprint density at radius 2 is 2.11 bits per heavy atom. The summed E-state index contributed by atoms with van der Waals surface area (Å²) in [7, 11) is 0. The highest BCUT2D eigenvalue weighted by Gasteiger charge is 2.07. The number of aromatic nitrogens is 4. The minimum Gasteiger partial charge on any atom is -0.486 e. The Hall–Kier alpha value is -2.44. The first-order valence-electron chi connectivity index (χ1n) is 5.90. The number of rotatable bonds is 7. The number of nitrogens with zero attached hydrogens (tertiary/aromatic N) is 4. The van der Waals surface area contributed by atoms with Crippen LogP contribution in [-0.4, -0.2) is 31.3 Å². The summed E-state index contributed by atoms with van der Waals surface area (Å²) in [6, 6.07) is 9.36. The highest BCUT2D eigenvalue weighted by Crippen LogP contribution is 2.10. The van der Waals surface area contributed by atoms with Gasteiger partial charge in [0.1, 0.15) is 12.4 Å². The van der Waals surface area contributed by atoms with Gasteiger partial charge in [-0.25, -0.2) is 4.68 Å². The van der Waals surface area contributed by atoms with E-state index in [1.165, 1.54) is 0 Å². The molecular formula is C12H14N4O3. The van der Waals surface area contributed by atoms with Crippen molar-refractivity contribution in [2.75, 3.05) is 0 Å². The van der Waals surface area contributed by atoms with Crippen molar-refractivity contribution in [2.24, 2.45) is 0 Å². The number of carbonyl (C=O) groups is 1. The van der Waals surface area contributed by atoms with Crippen LogP contribution in [0.25, 0.3) is 0 Å². The van der Waals surface area contributed by atoms with E-state index in [0.717, 1.165) is 5.75 Å². The van der Waals surface area contributed by atoms with Gasteiger partial charge in [-0.3, -0.25) is 4.79 Å². The molecule has 1 aromatic heterocycles. The summed E-state index contributed by atoms with van der Waals surface area (Å²) >= 11 is 0. The summed E-state index contributed by atoms with van der Waals surface area (Å²) in [5.74, 6) is 0.493. The number of hydrogen-bond acceptors (Lipinski definition) is 5. The molecule has 0 amide bonds. The molecule has 7 nitrogen and oxygen atoms in total. The van der Waals surface area contributed by atoms with Crippen LogP contribution in [0.15, 0.2) is 30.3 Å². The fourth-order valence-electron chi connectivity index (χ4n) is 1.54. The zero-order valence-corrected chi connectivity index (χ0v) is 10.3. The first-order chi connectivity index (χ1) is 9.25. The molecule has 19 heavy (non-hydrogen) atoms. The SMILES string of the molecule is O=C(O)CCCn1nnnc1COc1ccccc1. The number of aryl methyl sites for hydroxylation is 1. The molecule has 7 heteroatoms. The van der Waals surface area contributed by atoms with E-state index >= 15 is 0 Å². The minimum absolute atomic E-state index is 0.0961. The molecule has 0 radical (unpaired) electrons. The molecule has 2 aromatic rings. The van der Waals surface area contributed by atoms with Gasteiger partial charge in [-0.2, -0.15) is 0 Å². The monoisotopic (exact) mass is 262 g/mol. The van der Waals surface area contributed by atoms with Crippen molar-refractivity contribution in [3.63, 3.8) is 0 Å². The number of carboxylic acids is 1. The molecule has 0 spiro atoms. The summed E-state index contributed by atoms with van der Waals surface area (Å²) in [6.07, 6.45) is 0.581. The van der Waals surface area contributed by atoms with Crippen LogP contribution in [0.4, 0.5) is 0 Å². The van der Waals surface area contributed by atoms with Gasteiger partial charge in [0.2, 0.25) is 0 Å². The third kappa shape index (κ3) is 4.06. The average molecular weight is 262 g/mol. The molecule has 1 aromatic carbocycles. The van der Waals surface area contributed by atoms with Crippen molar-refractivity contribution < 1.29 is 14.6 Å². The molecule has 0 fully saturated rings. The molecule has 0 saturated carbocycles. The summed E-state index contributed by atoms with van der Waals surface area (Å²) < 4.78 is 7.10. The van der Waals surface area contributed by atoms with Crippen molar-refractivity contribution >= 4 is 5.97 Å². The number of tetrazole rings is 1. The Labute approximate surface area is 109 Å². The molecule has 100 valence electrons. The Morgan fingerprint density at radius 1 is 1.32 bits per heavy atom. The van der Waals surface area contributed by atoms with Gasteiger partial charge >= 0.3 is 5.97 Å². The first kappa shape index (κ1) is 13.0. The van der Waals surface area contributed by atoms with Gasteiger partial charge in [0, 0.05) is 13.0 Å². The molecule has 0 aliphatic carbocycles. The Morgan fingerprint density at radius 3 is 2.84 bits per heavy atom. The normalized spacial score (nSPS) is 10.3. The minimum atomic E-state index is -0.824. The molecule has 0 aliphatic heterocycles. The number of aliphatic carboxylic acids is 1. The standard InChI is InChI=1S/C12H14N4O3/c17-12(18)7-4-8-16-11(13-14-15-16)9-19-10-5-2-1-3-6-10/h1-3,5-6H,4,7-9H2,(H,17,18). The second-order valence-electron chi connectivity index (χ2n) is 3.92. The molecule has 0 bridgehead atoms. The van der Waals surface area contributed by atoms with E-state index in [-0.39, 0.29) is 13.0 Å². The van der Waals surface area contributed by atoms with E-state index < -0.39 is 5.97 Å². The Balaban J connectivity index is 1.87. The predicted molar refractivity (Wildman–Crippen MR) is 65.5 cm³/mol. The third-order valence-corrected chi connectivity index (χ3v) is 2.48. The second kappa shape index (κ2) is 6.48. The number of carboxylic acid groups (broad SMARTS) is 1. The molecule has 0 unspecified atom stereocenters. The lowest BCUT2D eigenvalue weighted by Crippen LogP contribution is -2.10. The fourth-order valence-corrected chi connectivity index (χ4v) is 1.54. The maximum atomic E-state index is 10.4. The third-order valence-electron chi connectivity index (χ3n) is 2.48. The number of para-hydroxylation sites is 1. The van der Waals surface area contributed by atoms with E-state index in [9.17, 15) is 4.79 Å². The maximum absolute atomic E-state index is 10.4. The quantitative estimate of drug-likeness (QED) is 0.804. The highest BCUT2D eigenvalue weighted by molar-refractivity contribution is 5.66. The smallest absolute Gasteiger partial charge is 0.303 e. The van der Waals surface area contributed by atoms with E-state index in [0.29, 0.717) is 18.8 Å². The summed E-state index contributed by atoms with van der Waals surface area (Å²) in [6.45, 7) is 0.719. The lowest BCUT2D eigenvalue weighted by atomic mass is 10.3. The van der Waals surface area contributed by atoms with Crippen molar-refractivity contribution in [2.45, 2.75) is 26.0 Å². The van der Waals surface area contributed by atoms with E-state index in [2.05, 4.69) is 15.5 Å². The van der Waals surface area contributed by atoms with Gasteiger partial charge in [0.25, 0.3) is 0 Å². The van der Waals surface area contributed by atoms with Crippen molar-refractivity contribution in [3.05, 3.63) is 36.2 Å². The van der Waals surface area contributed by atoms with Crippen LogP contribution in [0, 0.1) is 0 Å². The zero-order valence-electron chi connectivity index (χ0n) is 10.3. The molecule has 2 rings (SSSR count). The first-order valence-corrected chi connectivity index (χ1v) is 5.90. The molecular weight excluding hydrogens is 248 g/mol. The largest absolute Gasteiger partial charge is 0.486 e. The molecule has 0 saturated heterocycles. The second-order valence-corrected chi connectivity index (χ2v) is 3.92. The van der Waals surface area contributed by atoms with Gasteiger partial charge in [0.15, 0.2) is 5.82 Å². The van der Waals surface area contributed by atoms with E-state index in [1.54, 1.807) is 4.68 Å². The predicted octanol–water partition coefficient (Wildman–Crippen LogP) is 1.12. The molecule has 1 N–H and O–H groups in total. The van der Waals surface area contributed by atoms with Gasteiger partial charge in [-0.15, -0.1) is 5.10 Å². The van der Waals surface area contributed by atoms with Gasteiger partial charge in [-0.05, 0) is 29.0 Å². The number of ether oxygens (including phenoxy) is 1. The van der Waals surface area contributed by atoms with Gasteiger partial charge in [-0.1, -0.05) is 18.2 Å². The highest BCUT2D eigenvalue weighted by atomic mass is 16.5. The number of hydrogen-bond donors (Lipinski definition) is 1. The van der Waals surface area contributed by atoms with Crippen molar-refractivity contribution in [1.29, 1.82) is 0 Å². The average Bonchev–Trinajstić information content (AvgIpc) is 2.85. The van der Waals surface area contributed by atoms with Crippen LogP contribution in [0.5, 0.6) is 5.75 Å². The lowest BCUT2D eigenvalue weighted by molar-refractivity contribution is -0.137. The van der Waals surface area contributed by atoms with Crippen LogP contribution in [0.3, 0.4) is 0 Å². The Kier molecular flexibility index (Phi) is 4.44. The zero-order chi connectivity index (χ0) is 13.5. The molecule has 1 heterocycles. The van der Waals surface area contributed by atoms with E-state index in [1.807, 2.05) is 30.3 Å². The van der Waals surface area contributed by atoms with Crippen LogP contribution in [0.1, 0.15) is 18.7 Å². The maximum Gasteiger partial charge on any atom is 0.303 e. The lowest BCUT2D eigenvalue weighted by Gasteiger charge is -2.06. The van der Waals surface area contributed by atoms with Crippen LogP contribution in [-0.2, 0) is 17.9 Å². The number of benzene rings is 1. The van der Waals surface area contributed by atoms with E-state index in [4.69, 9.17) is 9.84 Å².